The van der Waals surface area contributed by atoms with Crippen LogP contribution in [0.2, 0.25) is 0 Å². The maximum Gasteiger partial charge on any atom is 0.192 e. The van der Waals surface area contributed by atoms with Gasteiger partial charge in [0.2, 0.25) is 0 Å². The quantitative estimate of drug-likeness (QED) is 0.780. The Bertz CT molecular complexity index is 706. The number of likely N-dealkylation sites (tertiary alicyclic amines) is 1. The first-order valence-corrected chi connectivity index (χ1v) is 11.4. The summed E-state index contributed by atoms with van der Waals surface area (Å²) < 4.78 is 35.5. The normalized spacial score (nSPS) is 26.0. The van der Waals surface area contributed by atoms with Crippen molar-refractivity contribution in [3.63, 3.8) is 0 Å². The molecule has 1 aromatic heterocycles. The number of sulfone groups is 1. The van der Waals surface area contributed by atoms with E-state index in [1.54, 1.807) is 6.07 Å². The maximum atomic E-state index is 11.6. The highest BCUT2D eigenvalue weighted by atomic mass is 32.2. The zero-order valence-electron chi connectivity index (χ0n) is 16.0. The van der Waals surface area contributed by atoms with Crippen LogP contribution in [0, 0.1) is 6.92 Å². The van der Waals surface area contributed by atoms with Crippen LogP contribution >= 0.6 is 0 Å². The predicted octanol–water partition coefficient (Wildman–Crippen LogP) is 2.59. The molecule has 2 fully saturated rings. The second-order valence-electron chi connectivity index (χ2n) is 7.72. The lowest BCUT2D eigenvalue weighted by molar-refractivity contribution is -0.0643. The van der Waals surface area contributed by atoms with Gasteiger partial charge in [0, 0.05) is 19.3 Å². The van der Waals surface area contributed by atoms with Crippen LogP contribution in [-0.4, -0.2) is 63.0 Å². The predicted molar refractivity (Wildman–Crippen MR) is 100 cm³/mol. The Labute approximate surface area is 156 Å². The molecule has 0 amide bonds. The molecule has 1 saturated carbocycles. The molecule has 0 aromatic carbocycles. The molecule has 6 nitrogen and oxygen atoms in total. The highest BCUT2D eigenvalue weighted by Crippen LogP contribution is 2.29. The number of hydrogen-bond donors (Lipinski definition) is 0. The largest absolute Gasteiger partial charge is 0.489 e. The molecular formula is C19H30N2O4S. The van der Waals surface area contributed by atoms with Crippen molar-refractivity contribution in [3.8, 4) is 5.75 Å². The first kappa shape index (κ1) is 19.6. The average molecular weight is 383 g/mol. The van der Waals surface area contributed by atoms with Crippen molar-refractivity contribution in [2.45, 2.75) is 68.8 Å². The van der Waals surface area contributed by atoms with Gasteiger partial charge in [-0.05, 0) is 64.1 Å². The van der Waals surface area contributed by atoms with Gasteiger partial charge in [0.15, 0.2) is 14.9 Å². The molecule has 1 aliphatic carbocycles. The molecule has 26 heavy (non-hydrogen) atoms. The SMILES string of the molecule is Cc1cc(S(C)(=O)=O)ncc1OC1CCC(OC2CCN(C)CC2)CC1. The molecule has 2 aliphatic rings. The van der Waals surface area contributed by atoms with Crippen LogP contribution < -0.4 is 4.74 Å². The van der Waals surface area contributed by atoms with Crippen LogP contribution in [0.5, 0.6) is 5.75 Å². The van der Waals surface area contributed by atoms with Gasteiger partial charge in [-0.25, -0.2) is 13.4 Å². The molecule has 2 heterocycles. The van der Waals surface area contributed by atoms with Crippen LogP contribution in [0.25, 0.3) is 0 Å². The molecule has 1 aromatic rings. The number of aromatic nitrogens is 1. The summed E-state index contributed by atoms with van der Waals surface area (Å²) in [7, 11) is -1.12. The lowest BCUT2D eigenvalue weighted by Gasteiger charge is -2.35. The van der Waals surface area contributed by atoms with Gasteiger partial charge in [0.25, 0.3) is 0 Å². The number of rotatable bonds is 5. The molecule has 3 rings (SSSR count). The van der Waals surface area contributed by atoms with E-state index in [1.165, 1.54) is 12.5 Å². The third-order valence-electron chi connectivity index (χ3n) is 5.38. The highest BCUT2D eigenvalue weighted by molar-refractivity contribution is 7.90. The molecule has 0 unspecified atom stereocenters. The average Bonchev–Trinajstić information content (AvgIpc) is 2.59. The molecule has 0 bridgehead atoms. The summed E-state index contributed by atoms with van der Waals surface area (Å²) in [6.07, 6.45) is 9.82. The van der Waals surface area contributed by atoms with Gasteiger partial charge in [-0.15, -0.1) is 0 Å². The third kappa shape index (κ3) is 5.18. The van der Waals surface area contributed by atoms with Crippen LogP contribution in [0.15, 0.2) is 17.3 Å². The van der Waals surface area contributed by atoms with E-state index in [9.17, 15) is 8.42 Å². The fourth-order valence-electron chi connectivity index (χ4n) is 3.70. The van der Waals surface area contributed by atoms with E-state index in [-0.39, 0.29) is 11.1 Å². The van der Waals surface area contributed by atoms with Crippen molar-refractivity contribution in [1.29, 1.82) is 0 Å². The topological polar surface area (TPSA) is 68.7 Å². The van der Waals surface area contributed by atoms with Crippen molar-refractivity contribution in [3.05, 3.63) is 17.8 Å². The molecule has 0 atom stereocenters. The lowest BCUT2D eigenvalue weighted by atomic mass is 9.94. The molecule has 0 N–H and O–H groups in total. The number of ether oxygens (including phenoxy) is 2. The molecule has 146 valence electrons. The number of piperidine rings is 1. The van der Waals surface area contributed by atoms with E-state index in [0.29, 0.717) is 18.0 Å². The van der Waals surface area contributed by atoms with Crippen LogP contribution in [0.3, 0.4) is 0 Å². The van der Waals surface area contributed by atoms with Crippen LogP contribution in [-0.2, 0) is 14.6 Å². The fourth-order valence-corrected chi connectivity index (χ4v) is 4.34. The van der Waals surface area contributed by atoms with Crippen LogP contribution in [0.1, 0.15) is 44.1 Å². The van der Waals surface area contributed by atoms with E-state index in [4.69, 9.17) is 9.47 Å². The first-order valence-electron chi connectivity index (χ1n) is 9.48. The number of aryl methyl sites for hydroxylation is 1. The van der Waals surface area contributed by atoms with Crippen molar-refractivity contribution in [1.82, 2.24) is 9.88 Å². The van der Waals surface area contributed by atoms with Crippen molar-refractivity contribution >= 4 is 9.84 Å². The molecule has 0 spiro atoms. The summed E-state index contributed by atoms with van der Waals surface area (Å²) in [4.78, 5) is 6.39. The fraction of sp³-hybridized carbons (Fsp3) is 0.737. The number of hydrogen-bond acceptors (Lipinski definition) is 6. The maximum absolute atomic E-state index is 11.6. The third-order valence-corrected chi connectivity index (χ3v) is 6.37. The number of nitrogens with zero attached hydrogens (tertiary/aromatic N) is 2. The Morgan fingerprint density at radius 3 is 2.19 bits per heavy atom. The van der Waals surface area contributed by atoms with E-state index in [1.807, 2.05) is 6.92 Å². The monoisotopic (exact) mass is 382 g/mol. The van der Waals surface area contributed by atoms with Crippen molar-refractivity contribution in [2.75, 3.05) is 26.4 Å². The Hall–Kier alpha value is -1.18. The van der Waals surface area contributed by atoms with Crippen molar-refractivity contribution < 1.29 is 17.9 Å². The second-order valence-corrected chi connectivity index (χ2v) is 9.68. The second kappa shape index (κ2) is 8.23. The van der Waals surface area contributed by atoms with E-state index < -0.39 is 9.84 Å². The van der Waals surface area contributed by atoms with Gasteiger partial charge in [-0.3, -0.25) is 0 Å². The van der Waals surface area contributed by atoms with Gasteiger partial charge in [-0.1, -0.05) is 0 Å². The minimum atomic E-state index is -3.29. The van der Waals surface area contributed by atoms with E-state index >= 15 is 0 Å². The highest BCUT2D eigenvalue weighted by Gasteiger charge is 2.27. The van der Waals surface area contributed by atoms with E-state index in [0.717, 1.165) is 57.2 Å². The molecule has 7 heteroatoms. The minimum absolute atomic E-state index is 0.0950. The van der Waals surface area contributed by atoms with E-state index in [2.05, 4.69) is 16.9 Å². The molecular weight excluding hydrogens is 352 g/mol. The summed E-state index contributed by atoms with van der Waals surface area (Å²) in [5.41, 5.74) is 0.810. The van der Waals surface area contributed by atoms with Gasteiger partial charge in [0.1, 0.15) is 5.75 Å². The van der Waals surface area contributed by atoms with Gasteiger partial charge < -0.3 is 14.4 Å². The Morgan fingerprint density at radius 1 is 1.04 bits per heavy atom. The van der Waals surface area contributed by atoms with Crippen molar-refractivity contribution in [2.24, 2.45) is 0 Å². The van der Waals surface area contributed by atoms with Gasteiger partial charge in [-0.2, -0.15) is 0 Å². The minimum Gasteiger partial charge on any atom is -0.489 e. The standard InChI is InChI=1S/C19H30N2O4S/c1-14-12-19(26(3,22)23)20-13-18(14)25-16-6-4-15(5-7-16)24-17-8-10-21(2)11-9-17/h12-13,15-17H,4-11H2,1-3H3. The summed E-state index contributed by atoms with van der Waals surface area (Å²) in [6.45, 7) is 4.11. The summed E-state index contributed by atoms with van der Waals surface area (Å²) in [6, 6.07) is 1.58. The molecule has 1 saturated heterocycles. The summed E-state index contributed by atoms with van der Waals surface area (Å²) in [5, 5.41) is 0.0950. The molecule has 0 radical (unpaired) electrons. The zero-order chi connectivity index (χ0) is 18.7. The molecule has 1 aliphatic heterocycles. The van der Waals surface area contributed by atoms with Gasteiger partial charge in [0.05, 0.1) is 24.5 Å². The summed E-state index contributed by atoms with van der Waals surface area (Å²) >= 11 is 0. The number of pyridine rings is 1. The zero-order valence-corrected chi connectivity index (χ0v) is 16.8. The lowest BCUT2D eigenvalue weighted by Crippen LogP contribution is -2.37. The summed E-state index contributed by atoms with van der Waals surface area (Å²) in [5.74, 6) is 0.678. The smallest absolute Gasteiger partial charge is 0.192 e. The Morgan fingerprint density at radius 2 is 1.62 bits per heavy atom. The Balaban J connectivity index is 1.48. The first-order chi connectivity index (χ1) is 12.3. The van der Waals surface area contributed by atoms with Gasteiger partial charge >= 0.3 is 0 Å². The Kier molecular flexibility index (Phi) is 6.20. The van der Waals surface area contributed by atoms with Crippen LogP contribution in [0.4, 0.5) is 0 Å².